The van der Waals surface area contributed by atoms with Crippen molar-refractivity contribution in [2.75, 3.05) is 17.3 Å². The molecule has 0 bridgehead atoms. The fraction of sp³-hybridized carbons (Fsp3) is 0.385. The van der Waals surface area contributed by atoms with Gasteiger partial charge in [0, 0.05) is 24.2 Å². The van der Waals surface area contributed by atoms with Gasteiger partial charge in [0.05, 0.1) is 5.88 Å². The number of alkyl halides is 1. The van der Waals surface area contributed by atoms with E-state index in [0.717, 1.165) is 11.3 Å². The second kappa shape index (κ2) is 4.88. The summed E-state index contributed by atoms with van der Waals surface area (Å²) in [6, 6.07) is 5.44. The highest BCUT2D eigenvalue weighted by Gasteiger charge is 2.23. The van der Waals surface area contributed by atoms with Crippen LogP contribution in [0.3, 0.4) is 0 Å². The first-order valence-corrected chi connectivity index (χ1v) is 6.23. The van der Waals surface area contributed by atoms with E-state index in [1.807, 2.05) is 19.1 Å². The number of rotatable bonds is 3. The Morgan fingerprint density at radius 2 is 2.18 bits per heavy atom. The summed E-state index contributed by atoms with van der Waals surface area (Å²) >= 11 is 5.53. The van der Waals surface area contributed by atoms with Gasteiger partial charge in [0.1, 0.15) is 0 Å². The fourth-order valence-corrected chi connectivity index (χ4v) is 2.31. The minimum atomic E-state index is -0.0746. The van der Waals surface area contributed by atoms with Crippen molar-refractivity contribution in [3.05, 3.63) is 29.3 Å². The minimum Gasteiger partial charge on any atom is -0.312 e. The Labute approximate surface area is 105 Å². The van der Waals surface area contributed by atoms with Crippen LogP contribution in [0.5, 0.6) is 0 Å². The van der Waals surface area contributed by atoms with Crippen molar-refractivity contribution in [1.29, 1.82) is 0 Å². The normalized spacial score (nSPS) is 14.7. The summed E-state index contributed by atoms with van der Waals surface area (Å²) < 4.78 is 0. The highest BCUT2D eigenvalue weighted by molar-refractivity contribution is 6.30. The molecule has 1 aliphatic rings. The molecule has 0 atom stereocenters. The number of ketones is 1. The molecule has 17 heavy (non-hydrogen) atoms. The standard InChI is InChI=1S/C13H14ClNO2/c1-2-15-11-5-3-10(12(16)8-14)7-9(11)4-6-13(15)17/h3,5,7H,2,4,6,8H2,1H3. The molecular weight excluding hydrogens is 238 g/mol. The molecule has 2 rings (SSSR count). The number of Topliss-reactive ketones (excluding diaryl/α,β-unsaturated/α-hetero) is 1. The van der Waals surface area contributed by atoms with Crippen LogP contribution in [-0.4, -0.2) is 24.1 Å². The third-order valence-electron chi connectivity index (χ3n) is 3.04. The van der Waals surface area contributed by atoms with E-state index in [4.69, 9.17) is 11.6 Å². The Balaban J connectivity index is 2.41. The van der Waals surface area contributed by atoms with Gasteiger partial charge < -0.3 is 4.90 Å². The number of hydrogen-bond donors (Lipinski definition) is 0. The second-order valence-corrected chi connectivity index (χ2v) is 4.31. The Hall–Kier alpha value is -1.35. The van der Waals surface area contributed by atoms with E-state index in [-0.39, 0.29) is 17.6 Å². The van der Waals surface area contributed by atoms with Gasteiger partial charge in [-0.15, -0.1) is 11.6 Å². The van der Waals surface area contributed by atoms with Crippen molar-refractivity contribution in [3.63, 3.8) is 0 Å². The summed E-state index contributed by atoms with van der Waals surface area (Å²) in [4.78, 5) is 25.0. The quantitative estimate of drug-likeness (QED) is 0.611. The summed E-state index contributed by atoms with van der Waals surface area (Å²) in [6.07, 6.45) is 1.22. The van der Waals surface area contributed by atoms with Crippen molar-refractivity contribution >= 4 is 29.0 Å². The zero-order valence-electron chi connectivity index (χ0n) is 9.70. The lowest BCUT2D eigenvalue weighted by Gasteiger charge is -2.28. The summed E-state index contributed by atoms with van der Waals surface area (Å²) in [6.45, 7) is 2.61. The molecule has 0 N–H and O–H groups in total. The van der Waals surface area contributed by atoms with Gasteiger partial charge in [0.15, 0.2) is 5.78 Å². The first-order chi connectivity index (χ1) is 8.17. The van der Waals surface area contributed by atoms with Crippen LogP contribution in [0.1, 0.15) is 29.3 Å². The van der Waals surface area contributed by atoms with Gasteiger partial charge in [-0.05, 0) is 37.1 Å². The lowest BCUT2D eigenvalue weighted by molar-refractivity contribution is -0.118. The summed E-state index contributed by atoms with van der Waals surface area (Å²) in [5.41, 5.74) is 2.61. The van der Waals surface area contributed by atoms with Gasteiger partial charge in [0.25, 0.3) is 0 Å². The molecule has 0 radical (unpaired) electrons. The largest absolute Gasteiger partial charge is 0.312 e. The molecule has 0 saturated heterocycles. The Bertz CT molecular complexity index is 470. The van der Waals surface area contributed by atoms with E-state index in [1.165, 1.54) is 0 Å². The van der Waals surface area contributed by atoms with Crippen molar-refractivity contribution in [1.82, 2.24) is 0 Å². The molecule has 0 spiro atoms. The number of amides is 1. The summed E-state index contributed by atoms with van der Waals surface area (Å²) in [5, 5.41) is 0. The van der Waals surface area contributed by atoms with Gasteiger partial charge >= 0.3 is 0 Å². The van der Waals surface area contributed by atoms with Crippen LogP contribution in [0, 0.1) is 0 Å². The maximum absolute atomic E-state index is 11.7. The predicted octanol–water partition coefficient (Wildman–Crippen LogP) is 2.41. The third-order valence-corrected chi connectivity index (χ3v) is 3.28. The summed E-state index contributed by atoms with van der Waals surface area (Å²) in [5.74, 6) is 0.0701. The molecule has 0 fully saturated rings. The zero-order chi connectivity index (χ0) is 12.4. The second-order valence-electron chi connectivity index (χ2n) is 4.04. The molecule has 3 nitrogen and oxygen atoms in total. The van der Waals surface area contributed by atoms with Crippen molar-refractivity contribution in [3.8, 4) is 0 Å². The molecule has 0 aromatic heterocycles. The molecule has 1 heterocycles. The van der Waals surface area contributed by atoms with Crippen molar-refractivity contribution in [2.45, 2.75) is 19.8 Å². The first-order valence-electron chi connectivity index (χ1n) is 5.69. The van der Waals surface area contributed by atoms with Gasteiger partial charge in [0.2, 0.25) is 5.91 Å². The number of aryl methyl sites for hydroxylation is 1. The van der Waals surface area contributed by atoms with Gasteiger partial charge in [-0.3, -0.25) is 9.59 Å². The van der Waals surface area contributed by atoms with Crippen LogP contribution in [0.25, 0.3) is 0 Å². The number of halogens is 1. The molecular formula is C13H14ClNO2. The lowest BCUT2D eigenvalue weighted by atomic mass is 9.97. The minimum absolute atomic E-state index is 0.00475. The van der Waals surface area contributed by atoms with Crippen molar-refractivity contribution in [2.24, 2.45) is 0 Å². The van der Waals surface area contributed by atoms with Gasteiger partial charge in [-0.2, -0.15) is 0 Å². The Kier molecular flexibility index (Phi) is 3.48. The number of carbonyl (C=O) groups excluding carboxylic acids is 2. The number of carbonyl (C=O) groups is 2. The number of hydrogen-bond acceptors (Lipinski definition) is 2. The average molecular weight is 252 g/mol. The molecule has 1 aromatic rings. The van der Waals surface area contributed by atoms with Crippen LogP contribution in [0.4, 0.5) is 5.69 Å². The molecule has 1 aliphatic heterocycles. The molecule has 4 heteroatoms. The van der Waals surface area contributed by atoms with E-state index >= 15 is 0 Å². The maximum Gasteiger partial charge on any atom is 0.227 e. The monoisotopic (exact) mass is 251 g/mol. The molecule has 0 aliphatic carbocycles. The SMILES string of the molecule is CCN1C(=O)CCc2cc(C(=O)CCl)ccc21. The van der Waals surface area contributed by atoms with Gasteiger partial charge in [-0.1, -0.05) is 0 Å². The van der Waals surface area contributed by atoms with E-state index in [9.17, 15) is 9.59 Å². The highest BCUT2D eigenvalue weighted by atomic mass is 35.5. The van der Waals surface area contributed by atoms with E-state index in [0.29, 0.717) is 24.9 Å². The molecule has 0 saturated carbocycles. The van der Waals surface area contributed by atoms with E-state index in [1.54, 1.807) is 11.0 Å². The first kappa shape index (κ1) is 12.1. The highest BCUT2D eigenvalue weighted by Crippen LogP contribution is 2.28. The lowest BCUT2D eigenvalue weighted by Crippen LogP contribution is -2.34. The number of anilines is 1. The molecule has 0 unspecified atom stereocenters. The smallest absolute Gasteiger partial charge is 0.227 e. The Morgan fingerprint density at radius 1 is 1.41 bits per heavy atom. The van der Waals surface area contributed by atoms with Crippen LogP contribution < -0.4 is 4.90 Å². The zero-order valence-corrected chi connectivity index (χ0v) is 10.5. The van der Waals surface area contributed by atoms with E-state index in [2.05, 4.69) is 0 Å². The summed E-state index contributed by atoms with van der Waals surface area (Å²) in [7, 11) is 0. The number of fused-ring (bicyclic) bond motifs is 1. The number of benzene rings is 1. The van der Waals surface area contributed by atoms with Crippen LogP contribution in [0.2, 0.25) is 0 Å². The molecule has 90 valence electrons. The van der Waals surface area contributed by atoms with Crippen LogP contribution in [-0.2, 0) is 11.2 Å². The predicted molar refractivity (Wildman–Crippen MR) is 67.8 cm³/mol. The van der Waals surface area contributed by atoms with E-state index < -0.39 is 0 Å². The fourth-order valence-electron chi connectivity index (χ4n) is 2.16. The molecule has 1 aromatic carbocycles. The average Bonchev–Trinajstić information content (AvgIpc) is 2.37. The topological polar surface area (TPSA) is 37.4 Å². The van der Waals surface area contributed by atoms with Crippen LogP contribution >= 0.6 is 11.6 Å². The molecule has 1 amide bonds. The maximum atomic E-state index is 11.7. The third kappa shape index (κ3) is 2.20. The van der Waals surface area contributed by atoms with Crippen LogP contribution in [0.15, 0.2) is 18.2 Å². The van der Waals surface area contributed by atoms with Crippen molar-refractivity contribution < 1.29 is 9.59 Å². The van der Waals surface area contributed by atoms with Gasteiger partial charge in [-0.25, -0.2) is 0 Å². The Morgan fingerprint density at radius 3 is 2.82 bits per heavy atom. The number of nitrogens with zero attached hydrogens (tertiary/aromatic N) is 1.